The van der Waals surface area contributed by atoms with E-state index in [0.717, 1.165) is 27.7 Å². The Labute approximate surface area is 183 Å². The predicted octanol–water partition coefficient (Wildman–Crippen LogP) is 6.12. The molecule has 0 bridgehead atoms. The highest BCUT2D eigenvalue weighted by molar-refractivity contribution is 6.16. The fraction of sp³-hybridized carbons (Fsp3) is 0.115. The molecule has 6 heteroatoms. The summed E-state index contributed by atoms with van der Waals surface area (Å²) in [6.45, 7) is 4.51. The SMILES string of the molecule is Cc1c2ccncc2c(C)c2c1[nH]c1ccc(OCc3nnc(-c4ccccc4)o3)cc12. The molecule has 0 atom stereocenters. The Bertz CT molecular complexity index is 1600. The first kappa shape index (κ1) is 18.6. The molecule has 0 fully saturated rings. The zero-order chi connectivity index (χ0) is 21.7. The number of benzene rings is 3. The highest BCUT2D eigenvalue weighted by Gasteiger charge is 2.15. The Balaban J connectivity index is 1.36. The molecule has 3 heterocycles. The molecule has 6 rings (SSSR count). The summed E-state index contributed by atoms with van der Waals surface area (Å²) in [5.41, 5.74) is 5.55. The summed E-state index contributed by atoms with van der Waals surface area (Å²) in [4.78, 5) is 7.92. The van der Waals surface area contributed by atoms with Gasteiger partial charge in [0.15, 0.2) is 6.61 Å². The third kappa shape index (κ3) is 2.92. The Morgan fingerprint density at radius 2 is 1.78 bits per heavy atom. The minimum atomic E-state index is 0.207. The van der Waals surface area contributed by atoms with Gasteiger partial charge in [0.1, 0.15) is 5.75 Å². The van der Waals surface area contributed by atoms with Gasteiger partial charge in [-0.05, 0) is 66.8 Å². The fourth-order valence-electron chi connectivity index (χ4n) is 4.38. The second-order valence-electron chi connectivity index (χ2n) is 7.91. The quantitative estimate of drug-likeness (QED) is 0.372. The largest absolute Gasteiger partial charge is 0.484 e. The van der Waals surface area contributed by atoms with Gasteiger partial charge in [-0.25, -0.2) is 0 Å². The van der Waals surface area contributed by atoms with E-state index in [0.29, 0.717) is 11.8 Å². The van der Waals surface area contributed by atoms with Crippen LogP contribution in [0.1, 0.15) is 17.0 Å². The van der Waals surface area contributed by atoms with Gasteiger partial charge in [0.05, 0.1) is 5.52 Å². The molecular formula is C26H20N4O2. The van der Waals surface area contributed by atoms with Crippen LogP contribution in [0.15, 0.2) is 71.4 Å². The molecule has 0 saturated heterocycles. The Morgan fingerprint density at radius 3 is 2.66 bits per heavy atom. The van der Waals surface area contributed by atoms with E-state index in [1.165, 1.54) is 27.3 Å². The first-order chi connectivity index (χ1) is 15.7. The van der Waals surface area contributed by atoms with Crippen molar-refractivity contribution in [2.75, 3.05) is 0 Å². The standard InChI is InChI=1S/C26H20N4O2/c1-15-21-13-27-11-10-19(21)16(2)25-24(15)20-12-18(8-9-22(20)28-25)31-14-23-29-30-26(32-23)17-6-4-3-5-7-17/h3-13,28H,14H2,1-2H3. The number of hydrogen-bond acceptors (Lipinski definition) is 5. The topological polar surface area (TPSA) is 76.8 Å². The zero-order valence-electron chi connectivity index (χ0n) is 17.7. The normalized spacial score (nSPS) is 11.6. The summed E-state index contributed by atoms with van der Waals surface area (Å²) in [5, 5.41) is 13.0. The van der Waals surface area contributed by atoms with E-state index < -0.39 is 0 Å². The van der Waals surface area contributed by atoms with Crippen LogP contribution in [-0.4, -0.2) is 20.2 Å². The number of aromatic nitrogens is 4. The first-order valence-corrected chi connectivity index (χ1v) is 10.5. The molecular weight excluding hydrogens is 400 g/mol. The highest BCUT2D eigenvalue weighted by atomic mass is 16.5. The summed E-state index contributed by atoms with van der Waals surface area (Å²) < 4.78 is 11.8. The van der Waals surface area contributed by atoms with Gasteiger partial charge in [0, 0.05) is 39.6 Å². The van der Waals surface area contributed by atoms with Crippen LogP contribution in [0, 0.1) is 13.8 Å². The van der Waals surface area contributed by atoms with E-state index in [1.807, 2.05) is 48.8 Å². The molecule has 6 aromatic rings. The van der Waals surface area contributed by atoms with Crippen molar-refractivity contribution in [3.05, 3.63) is 84.0 Å². The summed E-state index contributed by atoms with van der Waals surface area (Å²) in [7, 11) is 0. The van der Waals surface area contributed by atoms with Crippen molar-refractivity contribution >= 4 is 32.6 Å². The summed E-state index contributed by atoms with van der Waals surface area (Å²) in [5.74, 6) is 1.68. The zero-order valence-corrected chi connectivity index (χ0v) is 17.7. The van der Waals surface area contributed by atoms with Gasteiger partial charge >= 0.3 is 0 Å². The molecule has 0 saturated carbocycles. The van der Waals surface area contributed by atoms with Crippen LogP contribution in [0.4, 0.5) is 0 Å². The number of aryl methyl sites for hydroxylation is 2. The van der Waals surface area contributed by atoms with Gasteiger partial charge < -0.3 is 14.1 Å². The number of ether oxygens (including phenoxy) is 1. The third-order valence-corrected chi connectivity index (χ3v) is 6.00. The first-order valence-electron chi connectivity index (χ1n) is 10.5. The molecule has 0 amide bonds. The van der Waals surface area contributed by atoms with Gasteiger partial charge in [-0.3, -0.25) is 4.98 Å². The number of nitrogens with zero attached hydrogens (tertiary/aromatic N) is 3. The van der Waals surface area contributed by atoms with E-state index in [2.05, 4.69) is 52.2 Å². The predicted molar refractivity (Wildman–Crippen MR) is 125 cm³/mol. The van der Waals surface area contributed by atoms with Crippen molar-refractivity contribution < 1.29 is 9.15 Å². The van der Waals surface area contributed by atoms with Crippen LogP contribution in [0.3, 0.4) is 0 Å². The van der Waals surface area contributed by atoms with Crippen molar-refractivity contribution in [1.29, 1.82) is 0 Å². The second kappa shape index (κ2) is 7.20. The minimum absolute atomic E-state index is 0.207. The lowest BCUT2D eigenvalue weighted by Crippen LogP contribution is -1.95. The molecule has 3 aromatic heterocycles. The summed E-state index contributed by atoms with van der Waals surface area (Å²) in [6, 6.07) is 17.9. The molecule has 0 radical (unpaired) electrons. The highest BCUT2D eigenvalue weighted by Crippen LogP contribution is 2.37. The van der Waals surface area contributed by atoms with Crippen LogP contribution in [0.25, 0.3) is 44.0 Å². The van der Waals surface area contributed by atoms with Crippen molar-refractivity contribution in [1.82, 2.24) is 20.2 Å². The number of aromatic amines is 1. The third-order valence-electron chi connectivity index (χ3n) is 6.00. The Morgan fingerprint density at radius 1 is 0.906 bits per heavy atom. The molecule has 156 valence electrons. The number of hydrogen-bond donors (Lipinski definition) is 1. The number of pyridine rings is 1. The van der Waals surface area contributed by atoms with E-state index in [-0.39, 0.29) is 6.61 Å². The van der Waals surface area contributed by atoms with Crippen LogP contribution in [-0.2, 0) is 6.61 Å². The maximum atomic E-state index is 6.00. The van der Waals surface area contributed by atoms with E-state index in [1.54, 1.807) is 0 Å². The molecule has 0 aliphatic heterocycles. The van der Waals surface area contributed by atoms with Crippen LogP contribution < -0.4 is 4.74 Å². The average Bonchev–Trinajstić information content (AvgIpc) is 3.47. The van der Waals surface area contributed by atoms with Gasteiger partial charge in [-0.15, -0.1) is 10.2 Å². The van der Waals surface area contributed by atoms with E-state index in [9.17, 15) is 0 Å². The van der Waals surface area contributed by atoms with E-state index in [4.69, 9.17) is 9.15 Å². The van der Waals surface area contributed by atoms with E-state index >= 15 is 0 Å². The fourth-order valence-corrected chi connectivity index (χ4v) is 4.38. The van der Waals surface area contributed by atoms with Crippen molar-refractivity contribution in [2.24, 2.45) is 0 Å². The van der Waals surface area contributed by atoms with Gasteiger partial charge in [-0.2, -0.15) is 0 Å². The van der Waals surface area contributed by atoms with Crippen LogP contribution in [0.2, 0.25) is 0 Å². The number of nitrogens with one attached hydrogen (secondary N) is 1. The van der Waals surface area contributed by atoms with Crippen molar-refractivity contribution in [3.63, 3.8) is 0 Å². The average molecular weight is 420 g/mol. The van der Waals surface area contributed by atoms with Crippen molar-refractivity contribution in [2.45, 2.75) is 20.5 Å². The molecule has 0 aliphatic carbocycles. The Hall–Kier alpha value is -4.19. The monoisotopic (exact) mass is 420 g/mol. The van der Waals surface area contributed by atoms with Gasteiger partial charge in [0.2, 0.25) is 5.89 Å². The van der Waals surface area contributed by atoms with Crippen LogP contribution in [0.5, 0.6) is 5.75 Å². The molecule has 0 unspecified atom stereocenters. The number of fused-ring (bicyclic) bond motifs is 4. The second-order valence-corrected chi connectivity index (χ2v) is 7.91. The van der Waals surface area contributed by atoms with Gasteiger partial charge in [-0.1, -0.05) is 18.2 Å². The van der Waals surface area contributed by atoms with Gasteiger partial charge in [0.25, 0.3) is 5.89 Å². The molecule has 0 aliphatic rings. The van der Waals surface area contributed by atoms with Crippen LogP contribution >= 0.6 is 0 Å². The lowest BCUT2D eigenvalue weighted by atomic mass is 9.97. The smallest absolute Gasteiger partial charge is 0.254 e. The summed E-state index contributed by atoms with van der Waals surface area (Å²) in [6.07, 6.45) is 3.78. The summed E-state index contributed by atoms with van der Waals surface area (Å²) >= 11 is 0. The molecule has 6 nitrogen and oxygen atoms in total. The minimum Gasteiger partial charge on any atom is -0.484 e. The Kier molecular flexibility index (Phi) is 4.18. The lowest BCUT2D eigenvalue weighted by molar-refractivity contribution is 0.265. The lowest BCUT2D eigenvalue weighted by Gasteiger charge is -2.08. The number of H-pyrrole nitrogens is 1. The maximum absolute atomic E-state index is 6.00. The molecule has 0 spiro atoms. The molecule has 1 N–H and O–H groups in total. The molecule has 32 heavy (non-hydrogen) atoms. The molecule has 3 aromatic carbocycles. The maximum Gasteiger partial charge on any atom is 0.254 e. The van der Waals surface area contributed by atoms with Crippen molar-refractivity contribution in [3.8, 4) is 17.2 Å². The number of rotatable bonds is 4.